The molecule has 0 spiro atoms. The minimum atomic E-state index is 0.581. The van der Waals surface area contributed by atoms with E-state index in [-0.39, 0.29) is 0 Å². The number of nitrogens with one attached hydrogen (secondary N) is 1. The Morgan fingerprint density at radius 1 is 0.955 bits per heavy atom. The van der Waals surface area contributed by atoms with E-state index in [1.54, 1.807) is 0 Å². The molecule has 0 unspecified atom stereocenters. The lowest BCUT2D eigenvalue weighted by Crippen LogP contribution is -2.47. The molecule has 22 heavy (non-hydrogen) atoms. The van der Waals surface area contributed by atoms with E-state index in [4.69, 9.17) is 5.84 Å². The van der Waals surface area contributed by atoms with Gasteiger partial charge in [-0.1, -0.05) is 12.1 Å². The van der Waals surface area contributed by atoms with Crippen LogP contribution in [-0.2, 0) is 0 Å². The molecule has 1 aliphatic heterocycles. The van der Waals surface area contributed by atoms with E-state index in [9.17, 15) is 0 Å². The lowest BCUT2D eigenvalue weighted by atomic mass is 10.1. The molecular formula is C16H22N6. The van der Waals surface area contributed by atoms with Crippen LogP contribution in [0.1, 0.15) is 11.1 Å². The molecular weight excluding hydrogens is 276 g/mol. The molecule has 2 aromatic rings. The highest BCUT2D eigenvalue weighted by Crippen LogP contribution is 2.24. The van der Waals surface area contributed by atoms with Crippen LogP contribution < -0.4 is 21.1 Å². The molecule has 0 bridgehead atoms. The maximum Gasteiger partial charge on any atom is 0.162 e. The number of aryl methyl sites for hydroxylation is 2. The van der Waals surface area contributed by atoms with Gasteiger partial charge in [-0.3, -0.25) is 0 Å². The van der Waals surface area contributed by atoms with Crippen LogP contribution in [-0.4, -0.2) is 36.4 Å². The Kier molecular flexibility index (Phi) is 4.11. The summed E-state index contributed by atoms with van der Waals surface area (Å²) in [6, 6.07) is 10.4. The molecule has 3 rings (SSSR count). The van der Waals surface area contributed by atoms with Crippen LogP contribution >= 0.6 is 0 Å². The van der Waals surface area contributed by atoms with Crippen LogP contribution in [0.4, 0.5) is 17.3 Å². The summed E-state index contributed by atoms with van der Waals surface area (Å²) >= 11 is 0. The Bertz CT molecular complexity index is 632. The standard InChI is InChI=1S/C16H22N6/c1-12-3-4-13(2)14(11-12)21-7-9-22(10-8-21)16-6-5-15(18-17)19-20-16/h3-6,11H,7-10,17H2,1-2H3,(H,18,19). The van der Waals surface area contributed by atoms with E-state index in [0.29, 0.717) is 5.82 Å². The van der Waals surface area contributed by atoms with Crippen LogP contribution in [0.25, 0.3) is 0 Å². The quantitative estimate of drug-likeness (QED) is 0.664. The molecule has 1 aromatic heterocycles. The third-order valence-corrected chi connectivity index (χ3v) is 4.11. The number of nitrogens with zero attached hydrogens (tertiary/aromatic N) is 4. The second-order valence-corrected chi connectivity index (χ2v) is 5.69. The summed E-state index contributed by atoms with van der Waals surface area (Å²) in [6.45, 7) is 8.17. The molecule has 1 saturated heterocycles. The van der Waals surface area contributed by atoms with Crippen molar-refractivity contribution in [1.82, 2.24) is 10.2 Å². The molecule has 6 nitrogen and oxygen atoms in total. The minimum Gasteiger partial charge on any atom is -0.368 e. The van der Waals surface area contributed by atoms with Gasteiger partial charge >= 0.3 is 0 Å². The van der Waals surface area contributed by atoms with Crippen molar-refractivity contribution in [3.05, 3.63) is 41.5 Å². The first kappa shape index (κ1) is 14.6. The van der Waals surface area contributed by atoms with E-state index in [0.717, 1.165) is 32.0 Å². The number of rotatable bonds is 3. The Labute approximate surface area is 130 Å². The first-order valence-electron chi connectivity index (χ1n) is 7.55. The van der Waals surface area contributed by atoms with Crippen molar-refractivity contribution in [3.8, 4) is 0 Å². The zero-order valence-electron chi connectivity index (χ0n) is 13.1. The zero-order chi connectivity index (χ0) is 15.5. The summed E-state index contributed by atoms with van der Waals surface area (Å²) in [5.41, 5.74) is 6.47. The maximum atomic E-state index is 5.31. The summed E-state index contributed by atoms with van der Waals surface area (Å²) in [6.07, 6.45) is 0. The summed E-state index contributed by atoms with van der Waals surface area (Å²) in [4.78, 5) is 4.71. The van der Waals surface area contributed by atoms with E-state index >= 15 is 0 Å². The van der Waals surface area contributed by atoms with E-state index in [1.165, 1.54) is 16.8 Å². The van der Waals surface area contributed by atoms with Crippen LogP contribution in [0.5, 0.6) is 0 Å². The van der Waals surface area contributed by atoms with Gasteiger partial charge in [0.1, 0.15) is 0 Å². The first-order chi connectivity index (χ1) is 10.7. The Morgan fingerprint density at radius 3 is 2.32 bits per heavy atom. The number of nitrogens with two attached hydrogens (primary N) is 1. The van der Waals surface area contributed by atoms with Crippen molar-refractivity contribution in [2.45, 2.75) is 13.8 Å². The van der Waals surface area contributed by atoms with Crippen LogP contribution in [0, 0.1) is 13.8 Å². The highest BCUT2D eigenvalue weighted by atomic mass is 15.3. The van der Waals surface area contributed by atoms with Crippen molar-refractivity contribution in [2.75, 3.05) is 41.4 Å². The topological polar surface area (TPSA) is 70.3 Å². The first-order valence-corrected chi connectivity index (χ1v) is 7.55. The number of hydrogen-bond donors (Lipinski definition) is 2. The fourth-order valence-corrected chi connectivity index (χ4v) is 2.81. The van der Waals surface area contributed by atoms with Gasteiger partial charge in [0.25, 0.3) is 0 Å². The van der Waals surface area contributed by atoms with E-state index < -0.39 is 0 Å². The van der Waals surface area contributed by atoms with Gasteiger partial charge in [0.15, 0.2) is 11.6 Å². The number of benzene rings is 1. The number of anilines is 3. The number of hydrazine groups is 1. The van der Waals surface area contributed by atoms with Gasteiger partial charge in [0.05, 0.1) is 0 Å². The summed E-state index contributed by atoms with van der Waals surface area (Å²) in [5.74, 6) is 6.80. The lowest BCUT2D eigenvalue weighted by Gasteiger charge is -2.37. The van der Waals surface area contributed by atoms with Crippen molar-refractivity contribution in [3.63, 3.8) is 0 Å². The summed E-state index contributed by atoms with van der Waals surface area (Å²) in [5, 5.41) is 8.25. The van der Waals surface area contributed by atoms with Crippen molar-refractivity contribution >= 4 is 17.3 Å². The number of nitrogen functional groups attached to an aromatic ring is 1. The fraction of sp³-hybridized carbons (Fsp3) is 0.375. The molecule has 0 aliphatic carbocycles. The van der Waals surface area contributed by atoms with Crippen LogP contribution in [0.2, 0.25) is 0 Å². The number of aromatic nitrogens is 2. The van der Waals surface area contributed by atoms with Gasteiger partial charge in [-0.05, 0) is 43.2 Å². The van der Waals surface area contributed by atoms with Gasteiger partial charge in [-0.2, -0.15) is 0 Å². The largest absolute Gasteiger partial charge is 0.368 e. The third kappa shape index (κ3) is 2.96. The molecule has 1 aromatic carbocycles. The molecule has 3 N–H and O–H groups in total. The molecule has 0 radical (unpaired) electrons. The number of piperazine rings is 1. The van der Waals surface area contributed by atoms with Gasteiger partial charge < -0.3 is 15.2 Å². The van der Waals surface area contributed by atoms with Gasteiger partial charge in [-0.25, -0.2) is 5.84 Å². The van der Waals surface area contributed by atoms with Gasteiger partial charge in [0, 0.05) is 31.9 Å². The zero-order valence-corrected chi connectivity index (χ0v) is 13.1. The van der Waals surface area contributed by atoms with Crippen LogP contribution in [0.3, 0.4) is 0 Å². The predicted molar refractivity (Wildman–Crippen MR) is 90.2 cm³/mol. The number of hydrogen-bond acceptors (Lipinski definition) is 6. The highest BCUT2D eigenvalue weighted by Gasteiger charge is 2.19. The van der Waals surface area contributed by atoms with E-state index in [2.05, 4.69) is 57.5 Å². The molecule has 2 heterocycles. The van der Waals surface area contributed by atoms with E-state index in [1.807, 2.05) is 12.1 Å². The Morgan fingerprint density at radius 2 is 1.68 bits per heavy atom. The molecule has 0 amide bonds. The molecule has 0 saturated carbocycles. The second kappa shape index (κ2) is 6.19. The average Bonchev–Trinajstić information content (AvgIpc) is 2.57. The third-order valence-electron chi connectivity index (χ3n) is 4.11. The lowest BCUT2D eigenvalue weighted by molar-refractivity contribution is 0.642. The molecule has 1 aliphatic rings. The molecule has 6 heteroatoms. The Hall–Kier alpha value is -2.34. The average molecular weight is 298 g/mol. The maximum absolute atomic E-state index is 5.31. The Balaban J connectivity index is 1.68. The summed E-state index contributed by atoms with van der Waals surface area (Å²) in [7, 11) is 0. The normalized spacial score (nSPS) is 15.0. The highest BCUT2D eigenvalue weighted by molar-refractivity contribution is 5.56. The molecule has 116 valence electrons. The van der Waals surface area contributed by atoms with Crippen molar-refractivity contribution < 1.29 is 0 Å². The predicted octanol–water partition coefficient (Wildman–Crippen LogP) is 1.71. The fourth-order valence-electron chi connectivity index (χ4n) is 2.81. The smallest absolute Gasteiger partial charge is 0.162 e. The van der Waals surface area contributed by atoms with Crippen molar-refractivity contribution in [1.29, 1.82) is 0 Å². The van der Waals surface area contributed by atoms with Gasteiger partial charge in [0.2, 0.25) is 0 Å². The van der Waals surface area contributed by atoms with Gasteiger partial charge in [-0.15, -0.1) is 10.2 Å². The SMILES string of the molecule is Cc1ccc(C)c(N2CCN(c3ccc(NN)nn3)CC2)c1. The summed E-state index contributed by atoms with van der Waals surface area (Å²) < 4.78 is 0. The monoisotopic (exact) mass is 298 g/mol. The molecule has 0 atom stereocenters. The minimum absolute atomic E-state index is 0.581. The molecule has 1 fully saturated rings. The van der Waals surface area contributed by atoms with Crippen LogP contribution in [0.15, 0.2) is 30.3 Å². The van der Waals surface area contributed by atoms with Crippen molar-refractivity contribution in [2.24, 2.45) is 5.84 Å². The second-order valence-electron chi connectivity index (χ2n) is 5.69.